The molecule has 0 radical (unpaired) electrons. The molecule has 1 aliphatic rings. The van der Waals surface area contributed by atoms with Crippen LogP contribution in [0.5, 0.6) is 23.0 Å². The Balaban J connectivity index is 1.77. The van der Waals surface area contributed by atoms with Gasteiger partial charge in [0.25, 0.3) is 0 Å². The third-order valence-corrected chi connectivity index (χ3v) is 4.74. The Bertz CT molecular complexity index is 930. The van der Waals surface area contributed by atoms with Crippen LogP contribution < -0.4 is 4.74 Å². The van der Waals surface area contributed by atoms with Crippen LogP contribution in [-0.2, 0) is 4.74 Å². The first kappa shape index (κ1) is 22.5. The van der Waals surface area contributed by atoms with Crippen molar-refractivity contribution in [3.8, 4) is 23.0 Å². The van der Waals surface area contributed by atoms with Crippen LogP contribution in [-0.4, -0.2) is 78.8 Å². The number of allylic oxidation sites excluding steroid dienone is 1. The van der Waals surface area contributed by atoms with E-state index < -0.39 is 60.2 Å². The summed E-state index contributed by atoms with van der Waals surface area (Å²) in [7, 11) is 0. The van der Waals surface area contributed by atoms with Crippen molar-refractivity contribution in [2.45, 2.75) is 30.7 Å². The molecule has 0 aliphatic carbocycles. The quantitative estimate of drug-likeness (QED) is 0.239. The standard InChI is InChI=1S/C21H22O10/c22-9-16-18(27)19(28)20(29)21(31-16)30-12-7-14(25)17(15(26)8-12)13(24)6-3-10-1-4-11(23)5-2-10/h1-8,16,18-23,25-29H,9H2/b6-3+. The largest absolute Gasteiger partial charge is 0.508 e. The minimum absolute atomic E-state index is 0.0637. The maximum absolute atomic E-state index is 12.4. The second-order valence-corrected chi connectivity index (χ2v) is 6.94. The predicted octanol–water partition coefficient (Wildman–Crippen LogP) is -0.122. The van der Waals surface area contributed by atoms with Gasteiger partial charge in [-0.1, -0.05) is 18.2 Å². The summed E-state index contributed by atoms with van der Waals surface area (Å²) in [5, 5.41) is 68.5. The van der Waals surface area contributed by atoms with Crippen molar-refractivity contribution in [1.82, 2.24) is 0 Å². The van der Waals surface area contributed by atoms with Crippen LogP contribution in [0.25, 0.3) is 6.08 Å². The third kappa shape index (κ3) is 4.95. The number of ketones is 1. The van der Waals surface area contributed by atoms with Crippen molar-refractivity contribution in [2.24, 2.45) is 0 Å². The summed E-state index contributed by atoms with van der Waals surface area (Å²) in [6.07, 6.45) is -5.08. The highest BCUT2D eigenvalue weighted by Crippen LogP contribution is 2.35. The van der Waals surface area contributed by atoms with Crippen LogP contribution in [0.2, 0.25) is 0 Å². The number of hydrogen-bond donors (Lipinski definition) is 7. The van der Waals surface area contributed by atoms with Crippen molar-refractivity contribution in [3.63, 3.8) is 0 Å². The van der Waals surface area contributed by atoms with E-state index in [1.807, 2.05) is 0 Å². The van der Waals surface area contributed by atoms with E-state index in [9.17, 15) is 40.5 Å². The van der Waals surface area contributed by atoms with E-state index in [0.717, 1.165) is 18.2 Å². The van der Waals surface area contributed by atoms with Gasteiger partial charge in [0.2, 0.25) is 6.29 Å². The van der Waals surface area contributed by atoms with Crippen LogP contribution in [0.1, 0.15) is 15.9 Å². The minimum atomic E-state index is -1.68. The molecule has 0 saturated carbocycles. The molecular weight excluding hydrogens is 412 g/mol. The molecule has 2 aromatic carbocycles. The number of aliphatic hydroxyl groups is 4. The Morgan fingerprint density at radius 2 is 1.58 bits per heavy atom. The highest BCUT2D eigenvalue weighted by Gasteiger charge is 2.44. The zero-order valence-corrected chi connectivity index (χ0v) is 16.1. The van der Waals surface area contributed by atoms with Crippen molar-refractivity contribution in [2.75, 3.05) is 6.61 Å². The third-order valence-electron chi connectivity index (χ3n) is 4.74. The summed E-state index contributed by atoms with van der Waals surface area (Å²) in [5.74, 6) is -2.06. The molecular formula is C21H22O10. The average molecular weight is 434 g/mol. The van der Waals surface area contributed by atoms with E-state index in [4.69, 9.17) is 9.47 Å². The zero-order chi connectivity index (χ0) is 22.7. The first-order valence-electron chi connectivity index (χ1n) is 9.26. The van der Waals surface area contributed by atoms with Gasteiger partial charge in [-0.2, -0.15) is 0 Å². The molecule has 10 nitrogen and oxygen atoms in total. The summed E-state index contributed by atoms with van der Waals surface area (Å²) >= 11 is 0. The van der Waals surface area contributed by atoms with Gasteiger partial charge >= 0.3 is 0 Å². The van der Waals surface area contributed by atoms with Gasteiger partial charge in [-0.15, -0.1) is 0 Å². The summed E-state index contributed by atoms with van der Waals surface area (Å²) in [5.41, 5.74) is 0.212. The van der Waals surface area contributed by atoms with Gasteiger partial charge in [-0.25, -0.2) is 0 Å². The maximum Gasteiger partial charge on any atom is 0.229 e. The Kier molecular flexibility index (Phi) is 6.78. The second kappa shape index (κ2) is 9.33. The van der Waals surface area contributed by atoms with E-state index in [-0.39, 0.29) is 11.5 Å². The summed E-state index contributed by atoms with van der Waals surface area (Å²) < 4.78 is 10.5. The molecule has 0 bridgehead atoms. The van der Waals surface area contributed by atoms with E-state index in [0.29, 0.717) is 5.56 Å². The molecule has 1 heterocycles. The Morgan fingerprint density at radius 1 is 0.968 bits per heavy atom. The van der Waals surface area contributed by atoms with Crippen LogP contribution in [0.15, 0.2) is 42.5 Å². The number of carbonyl (C=O) groups excluding carboxylic acids is 1. The number of carbonyl (C=O) groups is 1. The number of phenols is 3. The fourth-order valence-corrected chi connectivity index (χ4v) is 3.05. The van der Waals surface area contributed by atoms with Gasteiger partial charge in [-0.05, 0) is 23.8 Å². The molecule has 166 valence electrons. The van der Waals surface area contributed by atoms with Crippen LogP contribution >= 0.6 is 0 Å². The Hall–Kier alpha value is -3.15. The fraction of sp³-hybridized carbons (Fsp3) is 0.286. The van der Waals surface area contributed by atoms with Gasteiger partial charge in [0.15, 0.2) is 5.78 Å². The highest BCUT2D eigenvalue weighted by atomic mass is 16.7. The molecule has 0 aromatic heterocycles. The number of aliphatic hydroxyl groups excluding tert-OH is 4. The number of hydrogen-bond acceptors (Lipinski definition) is 10. The monoisotopic (exact) mass is 434 g/mol. The number of rotatable bonds is 6. The molecule has 10 heteroatoms. The van der Waals surface area contributed by atoms with E-state index in [2.05, 4.69) is 0 Å². The molecule has 0 spiro atoms. The van der Waals surface area contributed by atoms with Gasteiger partial charge in [-0.3, -0.25) is 4.79 Å². The molecule has 31 heavy (non-hydrogen) atoms. The molecule has 1 saturated heterocycles. The summed E-state index contributed by atoms with van der Waals surface area (Å²) in [6.45, 7) is -0.651. The Morgan fingerprint density at radius 3 is 2.16 bits per heavy atom. The van der Waals surface area contributed by atoms with Gasteiger partial charge in [0.05, 0.1) is 6.61 Å². The van der Waals surface area contributed by atoms with Crippen molar-refractivity contribution < 1.29 is 50.0 Å². The van der Waals surface area contributed by atoms with E-state index in [1.165, 1.54) is 18.2 Å². The lowest BCUT2D eigenvalue weighted by molar-refractivity contribution is -0.277. The lowest BCUT2D eigenvalue weighted by Crippen LogP contribution is -2.60. The number of benzene rings is 2. The van der Waals surface area contributed by atoms with Crippen molar-refractivity contribution >= 4 is 11.9 Å². The predicted molar refractivity (Wildman–Crippen MR) is 106 cm³/mol. The average Bonchev–Trinajstić information content (AvgIpc) is 2.73. The molecule has 5 unspecified atom stereocenters. The molecule has 5 atom stereocenters. The van der Waals surface area contributed by atoms with Gasteiger partial charge in [0.1, 0.15) is 53.0 Å². The Labute approximate surface area is 176 Å². The summed E-state index contributed by atoms with van der Waals surface area (Å²) in [6, 6.07) is 8.01. The summed E-state index contributed by atoms with van der Waals surface area (Å²) in [4.78, 5) is 12.4. The highest BCUT2D eigenvalue weighted by molar-refractivity contribution is 6.10. The second-order valence-electron chi connectivity index (χ2n) is 6.94. The van der Waals surface area contributed by atoms with Crippen molar-refractivity contribution in [3.05, 3.63) is 53.6 Å². The first-order chi connectivity index (χ1) is 14.7. The number of phenolic OH excluding ortho intramolecular Hbond substituents is 3. The van der Waals surface area contributed by atoms with Gasteiger partial charge < -0.3 is 45.2 Å². The van der Waals surface area contributed by atoms with Crippen LogP contribution in [0.4, 0.5) is 0 Å². The van der Waals surface area contributed by atoms with E-state index >= 15 is 0 Å². The van der Waals surface area contributed by atoms with E-state index in [1.54, 1.807) is 12.1 Å². The number of aromatic hydroxyl groups is 3. The first-order valence-corrected chi connectivity index (χ1v) is 9.26. The normalized spacial score (nSPS) is 26.1. The fourth-order valence-electron chi connectivity index (χ4n) is 3.05. The number of ether oxygens (including phenoxy) is 2. The topological polar surface area (TPSA) is 177 Å². The van der Waals surface area contributed by atoms with Crippen molar-refractivity contribution in [1.29, 1.82) is 0 Å². The zero-order valence-electron chi connectivity index (χ0n) is 16.1. The maximum atomic E-state index is 12.4. The molecule has 3 rings (SSSR count). The van der Waals surface area contributed by atoms with Gasteiger partial charge in [0, 0.05) is 12.1 Å². The molecule has 2 aromatic rings. The lowest BCUT2D eigenvalue weighted by Gasteiger charge is -2.39. The molecule has 1 aliphatic heterocycles. The SMILES string of the molecule is O=C(/C=C/c1ccc(O)cc1)c1c(O)cc(OC2OC(CO)C(O)C(O)C2O)cc1O. The minimum Gasteiger partial charge on any atom is -0.508 e. The molecule has 0 amide bonds. The smallest absolute Gasteiger partial charge is 0.229 e. The van der Waals surface area contributed by atoms with Crippen LogP contribution in [0.3, 0.4) is 0 Å². The molecule has 1 fully saturated rings. The molecule has 7 N–H and O–H groups in total. The van der Waals surface area contributed by atoms with Crippen LogP contribution in [0, 0.1) is 0 Å². The lowest BCUT2D eigenvalue weighted by atomic mass is 9.99.